The summed E-state index contributed by atoms with van der Waals surface area (Å²) < 4.78 is 0. The molecular weight excluding hydrogens is 196 g/mol. The van der Waals surface area contributed by atoms with Crippen LogP contribution in [0.25, 0.3) is 0 Å². The van der Waals surface area contributed by atoms with Crippen molar-refractivity contribution in [2.45, 2.75) is 57.9 Å². The Morgan fingerprint density at radius 3 is 2.56 bits per heavy atom. The normalized spacial score (nSPS) is 28.7. The Kier molecular flexibility index (Phi) is 5.11. The maximum absolute atomic E-state index is 3.72. The van der Waals surface area contributed by atoms with Gasteiger partial charge >= 0.3 is 0 Å². The zero-order chi connectivity index (χ0) is 11.2. The molecule has 0 aromatic rings. The highest BCUT2D eigenvalue weighted by atomic mass is 15.2. The molecule has 2 nitrogen and oxygen atoms in total. The summed E-state index contributed by atoms with van der Waals surface area (Å²) in [5.41, 5.74) is 0. The van der Waals surface area contributed by atoms with E-state index in [-0.39, 0.29) is 0 Å². The van der Waals surface area contributed by atoms with Crippen molar-refractivity contribution in [1.82, 2.24) is 10.2 Å². The number of hydrogen-bond donors (Lipinski definition) is 1. The van der Waals surface area contributed by atoms with Gasteiger partial charge in [0.1, 0.15) is 0 Å². The van der Waals surface area contributed by atoms with Crippen LogP contribution in [0.2, 0.25) is 0 Å². The summed E-state index contributed by atoms with van der Waals surface area (Å²) in [7, 11) is 0. The van der Waals surface area contributed by atoms with Crippen LogP contribution in [0.3, 0.4) is 0 Å². The predicted molar refractivity (Wildman–Crippen MR) is 69.7 cm³/mol. The van der Waals surface area contributed by atoms with Crippen LogP contribution in [-0.2, 0) is 0 Å². The fraction of sp³-hybridized carbons (Fsp3) is 1.00. The van der Waals surface area contributed by atoms with Crippen molar-refractivity contribution in [3.8, 4) is 0 Å². The lowest BCUT2D eigenvalue weighted by Gasteiger charge is -2.26. The largest absolute Gasteiger partial charge is 0.315 e. The van der Waals surface area contributed by atoms with Crippen molar-refractivity contribution >= 4 is 0 Å². The summed E-state index contributed by atoms with van der Waals surface area (Å²) in [4.78, 5) is 2.63. The molecule has 0 bridgehead atoms. The molecule has 0 spiro atoms. The lowest BCUT2D eigenvalue weighted by molar-refractivity contribution is 0.251. The van der Waals surface area contributed by atoms with E-state index in [2.05, 4.69) is 17.1 Å². The van der Waals surface area contributed by atoms with Crippen LogP contribution >= 0.6 is 0 Å². The third-order valence-electron chi connectivity index (χ3n) is 4.44. The molecule has 1 N–H and O–H groups in total. The number of nitrogens with one attached hydrogen (secondary N) is 1. The van der Waals surface area contributed by atoms with E-state index in [0.29, 0.717) is 0 Å². The van der Waals surface area contributed by atoms with E-state index in [1.807, 2.05) is 0 Å². The second kappa shape index (κ2) is 6.61. The Bertz CT molecular complexity index is 187. The van der Waals surface area contributed by atoms with Crippen molar-refractivity contribution in [1.29, 1.82) is 0 Å². The number of rotatable bonds is 5. The molecule has 1 aliphatic heterocycles. The van der Waals surface area contributed by atoms with Gasteiger partial charge in [-0.1, -0.05) is 26.2 Å². The van der Waals surface area contributed by atoms with Gasteiger partial charge in [-0.25, -0.2) is 0 Å². The summed E-state index contributed by atoms with van der Waals surface area (Å²) in [5.74, 6) is 0.977. The minimum Gasteiger partial charge on any atom is -0.315 e. The summed E-state index contributed by atoms with van der Waals surface area (Å²) in [6.45, 7) is 7.35. The van der Waals surface area contributed by atoms with Gasteiger partial charge < -0.3 is 5.32 Å². The molecule has 2 fully saturated rings. The monoisotopic (exact) mass is 224 g/mol. The predicted octanol–water partition coefficient (Wildman–Crippen LogP) is 2.64. The lowest BCUT2D eigenvalue weighted by Crippen LogP contribution is -2.39. The first-order valence-electron chi connectivity index (χ1n) is 7.35. The minimum absolute atomic E-state index is 0.827. The number of hydrogen-bond acceptors (Lipinski definition) is 2. The summed E-state index contributed by atoms with van der Waals surface area (Å²) in [5, 5.41) is 3.72. The van der Waals surface area contributed by atoms with Gasteiger partial charge in [0.15, 0.2) is 0 Å². The van der Waals surface area contributed by atoms with E-state index in [0.717, 1.165) is 12.0 Å². The molecule has 0 aromatic carbocycles. The molecule has 2 rings (SSSR count). The average molecular weight is 224 g/mol. The third kappa shape index (κ3) is 3.46. The molecule has 94 valence electrons. The Morgan fingerprint density at radius 1 is 1.00 bits per heavy atom. The first kappa shape index (κ1) is 12.4. The maximum Gasteiger partial charge on any atom is 0.0220 e. The molecule has 16 heavy (non-hydrogen) atoms. The van der Waals surface area contributed by atoms with Crippen molar-refractivity contribution < 1.29 is 0 Å². The summed E-state index contributed by atoms with van der Waals surface area (Å²) in [6.07, 6.45) is 10.2. The SMILES string of the molecule is CCN1CCCC1CNCC1CCCCC1. The van der Waals surface area contributed by atoms with Crippen LogP contribution < -0.4 is 5.32 Å². The Balaban J connectivity index is 1.59. The van der Waals surface area contributed by atoms with Crippen molar-refractivity contribution in [3.05, 3.63) is 0 Å². The van der Waals surface area contributed by atoms with Gasteiger partial charge in [-0.2, -0.15) is 0 Å². The zero-order valence-electron chi connectivity index (χ0n) is 10.9. The second-order valence-corrected chi connectivity index (χ2v) is 5.59. The lowest BCUT2D eigenvalue weighted by atomic mass is 9.89. The second-order valence-electron chi connectivity index (χ2n) is 5.59. The Morgan fingerprint density at radius 2 is 1.81 bits per heavy atom. The van der Waals surface area contributed by atoms with E-state index < -0.39 is 0 Å². The first-order valence-corrected chi connectivity index (χ1v) is 7.35. The van der Waals surface area contributed by atoms with Gasteiger partial charge in [0.25, 0.3) is 0 Å². The van der Waals surface area contributed by atoms with Gasteiger partial charge in [0.2, 0.25) is 0 Å². The molecular formula is C14H28N2. The van der Waals surface area contributed by atoms with Crippen LogP contribution in [-0.4, -0.2) is 37.1 Å². The molecule has 2 heteroatoms. The number of likely N-dealkylation sites (N-methyl/N-ethyl adjacent to an activating group) is 1. The molecule has 1 unspecified atom stereocenters. The van der Waals surface area contributed by atoms with E-state index in [4.69, 9.17) is 0 Å². The maximum atomic E-state index is 3.72. The van der Waals surface area contributed by atoms with Gasteiger partial charge in [-0.3, -0.25) is 4.90 Å². The van der Waals surface area contributed by atoms with Gasteiger partial charge in [0, 0.05) is 12.6 Å². The molecule has 0 amide bonds. The van der Waals surface area contributed by atoms with E-state index in [1.54, 1.807) is 0 Å². The highest BCUT2D eigenvalue weighted by Crippen LogP contribution is 2.23. The molecule has 1 saturated carbocycles. The van der Waals surface area contributed by atoms with E-state index in [1.165, 1.54) is 71.1 Å². The van der Waals surface area contributed by atoms with Gasteiger partial charge in [-0.15, -0.1) is 0 Å². The Labute approximate surface area is 101 Å². The average Bonchev–Trinajstić information content (AvgIpc) is 2.78. The van der Waals surface area contributed by atoms with Crippen LogP contribution in [0.4, 0.5) is 0 Å². The summed E-state index contributed by atoms with van der Waals surface area (Å²) >= 11 is 0. The van der Waals surface area contributed by atoms with E-state index in [9.17, 15) is 0 Å². The third-order valence-corrected chi connectivity index (χ3v) is 4.44. The highest BCUT2D eigenvalue weighted by molar-refractivity contribution is 4.80. The van der Waals surface area contributed by atoms with Crippen molar-refractivity contribution in [2.75, 3.05) is 26.2 Å². The molecule has 1 aliphatic carbocycles. The summed E-state index contributed by atoms with van der Waals surface area (Å²) in [6, 6.07) is 0.827. The fourth-order valence-electron chi connectivity index (χ4n) is 3.39. The highest BCUT2D eigenvalue weighted by Gasteiger charge is 2.22. The van der Waals surface area contributed by atoms with Crippen LogP contribution in [0.1, 0.15) is 51.9 Å². The molecule has 0 radical (unpaired) electrons. The number of nitrogens with zero attached hydrogens (tertiary/aromatic N) is 1. The molecule has 2 aliphatic rings. The smallest absolute Gasteiger partial charge is 0.0220 e. The zero-order valence-corrected chi connectivity index (χ0v) is 10.9. The molecule has 0 aromatic heterocycles. The molecule has 1 heterocycles. The number of likely N-dealkylation sites (tertiary alicyclic amines) is 1. The van der Waals surface area contributed by atoms with E-state index >= 15 is 0 Å². The van der Waals surface area contributed by atoms with Crippen LogP contribution in [0.15, 0.2) is 0 Å². The van der Waals surface area contributed by atoms with Crippen molar-refractivity contribution in [2.24, 2.45) is 5.92 Å². The van der Waals surface area contributed by atoms with Gasteiger partial charge in [-0.05, 0) is 51.2 Å². The Hall–Kier alpha value is -0.0800. The van der Waals surface area contributed by atoms with Crippen LogP contribution in [0, 0.1) is 5.92 Å². The first-order chi connectivity index (χ1) is 7.90. The molecule has 1 saturated heterocycles. The van der Waals surface area contributed by atoms with Crippen LogP contribution in [0.5, 0.6) is 0 Å². The minimum atomic E-state index is 0.827. The topological polar surface area (TPSA) is 15.3 Å². The fourth-order valence-corrected chi connectivity index (χ4v) is 3.39. The van der Waals surface area contributed by atoms with Gasteiger partial charge in [0.05, 0.1) is 0 Å². The van der Waals surface area contributed by atoms with Crippen molar-refractivity contribution in [3.63, 3.8) is 0 Å². The standard InChI is InChI=1S/C14H28N2/c1-2-16-10-6-9-14(16)12-15-11-13-7-4-3-5-8-13/h13-15H,2-12H2,1H3. The molecule has 1 atom stereocenters. The quantitative estimate of drug-likeness (QED) is 0.772.